The lowest BCUT2D eigenvalue weighted by atomic mass is 10.1. The fourth-order valence-electron chi connectivity index (χ4n) is 3.61. The molecule has 1 N–H and O–H groups in total. The van der Waals surface area contributed by atoms with E-state index in [4.69, 9.17) is 46.9 Å². The van der Waals surface area contributed by atoms with Gasteiger partial charge in [-0.1, -0.05) is 54.4 Å². The van der Waals surface area contributed by atoms with Gasteiger partial charge < -0.3 is 28.8 Å². The van der Waals surface area contributed by atoms with Gasteiger partial charge >= 0.3 is 0 Å². The molecule has 8 heteroatoms. The van der Waals surface area contributed by atoms with Crippen molar-refractivity contribution in [2.24, 2.45) is 0 Å². The quantitative estimate of drug-likeness (QED) is 0.418. The van der Waals surface area contributed by atoms with Gasteiger partial charge in [-0.3, -0.25) is 0 Å². The number of aliphatic hydroxyl groups is 1. The molecular weight excluding hydrogens is 467 g/mol. The molecule has 2 aromatic carbocycles. The highest BCUT2D eigenvalue weighted by molar-refractivity contribution is 6.30. The maximum Gasteiger partial charge on any atom is 0.186 e. The van der Waals surface area contributed by atoms with Crippen molar-refractivity contribution in [2.45, 2.75) is 64.2 Å². The van der Waals surface area contributed by atoms with E-state index in [1.165, 1.54) is 0 Å². The Morgan fingerprint density at radius 2 is 1.52 bits per heavy atom. The van der Waals surface area contributed by atoms with E-state index in [-0.39, 0.29) is 6.61 Å². The van der Waals surface area contributed by atoms with E-state index in [1.54, 1.807) is 0 Å². The Balaban J connectivity index is 1.71. The highest BCUT2D eigenvalue weighted by atomic mass is 35.5. The van der Waals surface area contributed by atoms with Crippen LogP contribution in [0.4, 0.5) is 0 Å². The van der Waals surface area contributed by atoms with E-state index >= 15 is 0 Å². The van der Waals surface area contributed by atoms with Gasteiger partial charge in [0.25, 0.3) is 0 Å². The molecule has 1 aliphatic rings. The lowest BCUT2D eigenvalue weighted by molar-refractivity contribution is -0.189. The summed E-state index contributed by atoms with van der Waals surface area (Å²) < 4.78 is 29.8. The van der Waals surface area contributed by atoms with Crippen LogP contribution in [0.1, 0.15) is 31.4 Å². The van der Waals surface area contributed by atoms with E-state index in [0.717, 1.165) is 17.5 Å². The Morgan fingerprint density at radius 1 is 0.909 bits per heavy atom. The molecule has 0 aromatic heterocycles. The van der Waals surface area contributed by atoms with Crippen LogP contribution in [0.5, 0.6) is 0 Å². The Kier molecular flexibility index (Phi) is 10.9. The summed E-state index contributed by atoms with van der Waals surface area (Å²) in [6.07, 6.45) is -2.51. The molecule has 0 bridgehead atoms. The summed E-state index contributed by atoms with van der Waals surface area (Å²) in [7, 11) is 0. The number of halogens is 2. The monoisotopic (exact) mass is 498 g/mol. The molecule has 5 atom stereocenters. The molecule has 0 saturated carbocycles. The zero-order valence-electron chi connectivity index (χ0n) is 19.0. The van der Waals surface area contributed by atoms with E-state index < -0.39 is 30.7 Å². The summed E-state index contributed by atoms with van der Waals surface area (Å²) in [5.41, 5.74) is 1.96. The fourth-order valence-corrected chi connectivity index (χ4v) is 3.86. The van der Waals surface area contributed by atoms with Crippen molar-refractivity contribution >= 4 is 23.2 Å². The summed E-state index contributed by atoms with van der Waals surface area (Å²) in [6, 6.07) is 14.9. The Hall–Kier alpha value is -1.22. The first-order valence-corrected chi connectivity index (χ1v) is 12.0. The molecule has 1 fully saturated rings. The van der Waals surface area contributed by atoms with E-state index in [2.05, 4.69) is 0 Å². The van der Waals surface area contributed by atoms with Crippen LogP contribution in [0.15, 0.2) is 48.5 Å². The molecule has 0 amide bonds. The predicted molar refractivity (Wildman–Crippen MR) is 127 cm³/mol. The molecule has 182 valence electrons. The molecule has 33 heavy (non-hydrogen) atoms. The zero-order valence-corrected chi connectivity index (χ0v) is 20.5. The highest BCUT2D eigenvalue weighted by Crippen LogP contribution is 2.29. The summed E-state index contributed by atoms with van der Waals surface area (Å²) in [5.74, 6) is 0. The number of ether oxygens (including phenoxy) is 5. The van der Waals surface area contributed by atoms with Crippen molar-refractivity contribution in [2.75, 3.05) is 19.8 Å². The summed E-state index contributed by atoms with van der Waals surface area (Å²) in [4.78, 5) is 0. The summed E-state index contributed by atoms with van der Waals surface area (Å²) in [5, 5.41) is 12.1. The second-order valence-electron chi connectivity index (χ2n) is 7.87. The average molecular weight is 499 g/mol. The van der Waals surface area contributed by atoms with Gasteiger partial charge in [0.05, 0.1) is 19.8 Å². The van der Waals surface area contributed by atoms with Crippen LogP contribution in [-0.4, -0.2) is 55.6 Å². The number of hydrogen-bond acceptors (Lipinski definition) is 6. The van der Waals surface area contributed by atoms with Gasteiger partial charge in [0.15, 0.2) is 6.29 Å². The lowest BCUT2D eigenvalue weighted by Gasteiger charge is -2.28. The van der Waals surface area contributed by atoms with Gasteiger partial charge in [0.2, 0.25) is 0 Å². The SMILES string of the molecule is CCCO[C@@H]1[C@H]([C@@H](COCc2ccc(Cl)cc2)OCc2ccc(Cl)cc2)OC(OCC)[C@H]1O. The maximum absolute atomic E-state index is 10.8. The molecule has 6 nitrogen and oxygen atoms in total. The Bertz CT molecular complexity index is 817. The van der Waals surface area contributed by atoms with Crippen LogP contribution in [0.25, 0.3) is 0 Å². The van der Waals surface area contributed by atoms with E-state index in [9.17, 15) is 5.11 Å². The topological polar surface area (TPSA) is 66.4 Å². The first kappa shape index (κ1) is 26.4. The Labute approximate surface area is 205 Å². The minimum absolute atomic E-state index is 0.248. The fraction of sp³-hybridized carbons (Fsp3) is 0.520. The lowest BCUT2D eigenvalue weighted by Crippen LogP contribution is -2.44. The molecule has 1 saturated heterocycles. The molecule has 0 aliphatic carbocycles. The van der Waals surface area contributed by atoms with Crippen LogP contribution in [0, 0.1) is 0 Å². The first-order valence-electron chi connectivity index (χ1n) is 11.3. The van der Waals surface area contributed by atoms with Crippen LogP contribution >= 0.6 is 23.2 Å². The van der Waals surface area contributed by atoms with Crippen LogP contribution in [0.2, 0.25) is 10.0 Å². The minimum Gasteiger partial charge on any atom is -0.385 e. The molecule has 2 aromatic rings. The third kappa shape index (κ3) is 7.91. The largest absolute Gasteiger partial charge is 0.385 e. The summed E-state index contributed by atoms with van der Waals surface area (Å²) in [6.45, 7) is 5.76. The van der Waals surface area contributed by atoms with Crippen molar-refractivity contribution in [1.29, 1.82) is 0 Å². The highest BCUT2D eigenvalue weighted by Gasteiger charge is 2.49. The smallest absolute Gasteiger partial charge is 0.186 e. The van der Waals surface area contributed by atoms with E-state index in [0.29, 0.717) is 36.5 Å². The van der Waals surface area contributed by atoms with Crippen LogP contribution in [-0.2, 0) is 36.9 Å². The second kappa shape index (κ2) is 13.6. The van der Waals surface area contributed by atoms with Crippen LogP contribution in [0.3, 0.4) is 0 Å². The molecule has 0 spiro atoms. The van der Waals surface area contributed by atoms with Crippen molar-refractivity contribution in [3.05, 3.63) is 69.7 Å². The van der Waals surface area contributed by atoms with Crippen molar-refractivity contribution in [1.82, 2.24) is 0 Å². The zero-order chi connectivity index (χ0) is 23.6. The third-order valence-corrected chi connectivity index (χ3v) is 5.79. The summed E-state index contributed by atoms with van der Waals surface area (Å²) >= 11 is 12.0. The van der Waals surface area contributed by atoms with Crippen LogP contribution < -0.4 is 0 Å². The Morgan fingerprint density at radius 3 is 2.09 bits per heavy atom. The van der Waals surface area contributed by atoms with Gasteiger partial charge in [-0.05, 0) is 48.7 Å². The molecule has 0 radical (unpaired) electrons. The average Bonchev–Trinajstić information content (AvgIpc) is 3.12. The van der Waals surface area contributed by atoms with Gasteiger partial charge in [0.1, 0.15) is 24.4 Å². The van der Waals surface area contributed by atoms with Crippen molar-refractivity contribution < 1.29 is 28.8 Å². The maximum atomic E-state index is 10.8. The molecule has 3 rings (SSSR count). The number of hydrogen-bond donors (Lipinski definition) is 1. The molecule has 1 unspecified atom stereocenters. The number of benzene rings is 2. The van der Waals surface area contributed by atoms with Gasteiger partial charge in [-0.25, -0.2) is 0 Å². The number of rotatable bonds is 13. The predicted octanol–water partition coefficient (Wildman–Crippen LogP) is 5.01. The standard InChI is InChI=1S/C25H32Cl2O6/c1-3-13-31-24-22(28)25(30-4-2)33-23(24)21(32-15-18-7-11-20(27)12-8-18)16-29-14-17-5-9-19(26)10-6-17/h5-12,21-25,28H,3-4,13-16H2,1-2H3/t21-,22+,23+,24+,25?/m1/s1. The van der Waals surface area contributed by atoms with Gasteiger partial charge in [-0.2, -0.15) is 0 Å². The van der Waals surface area contributed by atoms with Crippen molar-refractivity contribution in [3.8, 4) is 0 Å². The van der Waals surface area contributed by atoms with E-state index in [1.807, 2.05) is 62.4 Å². The van der Waals surface area contributed by atoms with Crippen molar-refractivity contribution in [3.63, 3.8) is 0 Å². The normalized spacial score (nSPS) is 23.7. The molecule has 1 aliphatic heterocycles. The molecule has 1 heterocycles. The second-order valence-corrected chi connectivity index (χ2v) is 8.74. The van der Waals surface area contributed by atoms with Gasteiger partial charge in [0, 0.05) is 23.3 Å². The molecular formula is C25H32Cl2O6. The number of aliphatic hydroxyl groups excluding tert-OH is 1. The third-order valence-electron chi connectivity index (χ3n) is 5.28. The minimum atomic E-state index is -0.917. The first-order chi connectivity index (χ1) is 16.0. The van der Waals surface area contributed by atoms with Gasteiger partial charge in [-0.15, -0.1) is 0 Å².